The Kier molecular flexibility index (Phi) is 5.00. The minimum atomic E-state index is -0.0909. The molecule has 31 heavy (non-hydrogen) atoms. The smallest absolute Gasteiger partial charge is 0.174 e. The van der Waals surface area contributed by atoms with Gasteiger partial charge in [-0.3, -0.25) is 4.98 Å². The average molecular weight is 426 g/mol. The van der Waals surface area contributed by atoms with Crippen LogP contribution in [0, 0.1) is 13.8 Å². The van der Waals surface area contributed by atoms with Gasteiger partial charge in [-0.15, -0.1) is 0 Å². The summed E-state index contributed by atoms with van der Waals surface area (Å²) in [5.74, 6) is 0.875. The van der Waals surface area contributed by atoms with Crippen LogP contribution >= 0.6 is 12.2 Å². The van der Waals surface area contributed by atoms with Crippen molar-refractivity contribution in [2.45, 2.75) is 25.9 Å². The van der Waals surface area contributed by atoms with Crippen LogP contribution < -0.4 is 10.2 Å². The molecule has 0 amide bonds. The Morgan fingerprint density at radius 2 is 1.61 bits per heavy atom. The number of aromatic nitrogens is 3. The second kappa shape index (κ2) is 7.96. The maximum atomic E-state index is 5.86. The van der Waals surface area contributed by atoms with Gasteiger partial charge < -0.3 is 14.8 Å². The van der Waals surface area contributed by atoms with Crippen LogP contribution in [0.5, 0.6) is 0 Å². The van der Waals surface area contributed by atoms with Gasteiger partial charge in [0.15, 0.2) is 5.11 Å². The molecule has 4 heterocycles. The van der Waals surface area contributed by atoms with Crippen molar-refractivity contribution in [3.8, 4) is 5.82 Å². The lowest BCUT2D eigenvalue weighted by atomic mass is 10.00. The Morgan fingerprint density at radius 1 is 0.871 bits per heavy atom. The standard InChI is InChI=1S/C25H23N5S/c1-17-14-18(2)16-19(15-17)30-24(23(28-25(30)31)20-8-3-5-11-26-20)21-9-7-13-29(21)22-10-4-6-12-27-22/h3-16,23-24H,1-2H3,(H,28,31)/t23-,24+/m0/s1. The van der Waals surface area contributed by atoms with Gasteiger partial charge in [0.25, 0.3) is 0 Å². The summed E-state index contributed by atoms with van der Waals surface area (Å²) in [7, 11) is 0. The van der Waals surface area contributed by atoms with Gasteiger partial charge in [-0.05, 0) is 85.7 Å². The van der Waals surface area contributed by atoms with Crippen molar-refractivity contribution in [3.05, 3.63) is 108 Å². The number of aryl methyl sites for hydroxylation is 2. The van der Waals surface area contributed by atoms with Gasteiger partial charge in [0.2, 0.25) is 0 Å². The number of anilines is 1. The van der Waals surface area contributed by atoms with E-state index in [-0.39, 0.29) is 12.1 Å². The molecule has 1 N–H and O–H groups in total. The fourth-order valence-corrected chi connectivity index (χ4v) is 4.71. The summed E-state index contributed by atoms with van der Waals surface area (Å²) in [6.07, 6.45) is 5.69. The fraction of sp³-hybridized carbons (Fsp3) is 0.160. The van der Waals surface area contributed by atoms with Crippen LogP contribution in [-0.2, 0) is 0 Å². The Hall–Kier alpha value is -3.51. The first kappa shape index (κ1) is 19.5. The van der Waals surface area contributed by atoms with E-state index in [0.29, 0.717) is 5.11 Å². The highest BCUT2D eigenvalue weighted by molar-refractivity contribution is 7.80. The molecule has 0 bridgehead atoms. The number of pyridine rings is 2. The van der Waals surface area contributed by atoms with Gasteiger partial charge in [0.05, 0.1) is 11.7 Å². The van der Waals surface area contributed by atoms with Gasteiger partial charge >= 0.3 is 0 Å². The fourth-order valence-electron chi connectivity index (χ4n) is 4.36. The van der Waals surface area contributed by atoms with Crippen molar-refractivity contribution in [1.82, 2.24) is 19.9 Å². The lowest BCUT2D eigenvalue weighted by Gasteiger charge is -2.29. The van der Waals surface area contributed by atoms with Gasteiger partial charge in [-0.1, -0.05) is 18.2 Å². The Labute approximate surface area is 187 Å². The first-order chi connectivity index (χ1) is 15.1. The third-order valence-corrected chi connectivity index (χ3v) is 5.88. The van der Waals surface area contributed by atoms with Crippen LogP contribution in [0.4, 0.5) is 5.69 Å². The SMILES string of the molecule is Cc1cc(C)cc(N2C(=S)N[C@@H](c3ccccn3)[C@H]2c2cccn2-c2ccccn2)c1. The molecule has 5 nitrogen and oxygen atoms in total. The Balaban J connectivity index is 1.69. The van der Waals surface area contributed by atoms with Crippen LogP contribution in [0.25, 0.3) is 5.82 Å². The topological polar surface area (TPSA) is 46.0 Å². The molecule has 0 saturated carbocycles. The molecule has 4 aromatic rings. The monoisotopic (exact) mass is 425 g/mol. The maximum absolute atomic E-state index is 5.86. The molecule has 3 aromatic heterocycles. The van der Waals surface area contributed by atoms with Gasteiger partial charge in [-0.25, -0.2) is 4.98 Å². The summed E-state index contributed by atoms with van der Waals surface area (Å²) in [6, 6.07) is 22.5. The molecule has 0 aliphatic carbocycles. The quantitative estimate of drug-likeness (QED) is 0.463. The van der Waals surface area contributed by atoms with Gasteiger partial charge in [0, 0.05) is 30.0 Å². The van der Waals surface area contributed by atoms with E-state index < -0.39 is 0 Å². The second-order valence-electron chi connectivity index (χ2n) is 7.83. The van der Waals surface area contributed by atoms with Crippen molar-refractivity contribution in [2.24, 2.45) is 0 Å². The van der Waals surface area contributed by atoms with Crippen molar-refractivity contribution >= 4 is 23.0 Å². The van der Waals surface area contributed by atoms with E-state index in [9.17, 15) is 0 Å². The highest BCUT2D eigenvalue weighted by Crippen LogP contribution is 2.42. The minimum absolute atomic E-state index is 0.0828. The lowest BCUT2D eigenvalue weighted by molar-refractivity contribution is 0.548. The molecule has 1 saturated heterocycles. The number of rotatable bonds is 4. The van der Waals surface area contributed by atoms with E-state index in [1.807, 2.05) is 55.0 Å². The van der Waals surface area contributed by atoms with Crippen LogP contribution in [0.3, 0.4) is 0 Å². The summed E-state index contributed by atoms with van der Waals surface area (Å²) in [4.78, 5) is 11.4. The van der Waals surface area contributed by atoms with E-state index in [1.54, 1.807) is 0 Å². The van der Waals surface area contributed by atoms with E-state index in [1.165, 1.54) is 11.1 Å². The lowest BCUT2D eigenvalue weighted by Crippen LogP contribution is -2.30. The van der Waals surface area contributed by atoms with E-state index in [2.05, 4.69) is 68.9 Å². The van der Waals surface area contributed by atoms with Gasteiger partial charge in [0.1, 0.15) is 11.9 Å². The Morgan fingerprint density at radius 3 is 2.29 bits per heavy atom. The summed E-state index contributed by atoms with van der Waals surface area (Å²) in [5, 5.41) is 4.23. The molecule has 5 rings (SSSR count). The van der Waals surface area contributed by atoms with Crippen LogP contribution in [0.1, 0.15) is 34.6 Å². The molecule has 0 spiro atoms. The molecular weight excluding hydrogens is 402 g/mol. The third kappa shape index (κ3) is 3.59. The first-order valence-corrected chi connectivity index (χ1v) is 10.7. The Bertz CT molecular complexity index is 1200. The second-order valence-corrected chi connectivity index (χ2v) is 8.22. The first-order valence-electron chi connectivity index (χ1n) is 10.3. The number of thiocarbonyl (C=S) groups is 1. The molecule has 0 unspecified atom stereocenters. The third-order valence-electron chi connectivity index (χ3n) is 5.56. The number of hydrogen-bond donors (Lipinski definition) is 1. The van der Waals surface area contributed by atoms with Crippen molar-refractivity contribution in [3.63, 3.8) is 0 Å². The summed E-state index contributed by atoms with van der Waals surface area (Å²) in [6.45, 7) is 4.23. The summed E-state index contributed by atoms with van der Waals surface area (Å²) >= 11 is 5.86. The van der Waals surface area contributed by atoms with Crippen molar-refractivity contribution in [1.29, 1.82) is 0 Å². The van der Waals surface area contributed by atoms with Crippen molar-refractivity contribution < 1.29 is 0 Å². The molecule has 1 aliphatic heterocycles. The van der Waals surface area contributed by atoms with E-state index >= 15 is 0 Å². The highest BCUT2D eigenvalue weighted by Gasteiger charge is 2.42. The molecule has 6 heteroatoms. The number of hydrogen-bond acceptors (Lipinski definition) is 3. The molecule has 2 atom stereocenters. The van der Waals surface area contributed by atoms with Gasteiger partial charge in [-0.2, -0.15) is 0 Å². The predicted octanol–water partition coefficient (Wildman–Crippen LogP) is 5.06. The maximum Gasteiger partial charge on any atom is 0.174 e. The zero-order valence-corrected chi connectivity index (χ0v) is 18.3. The molecule has 1 fully saturated rings. The normalized spacial score (nSPS) is 18.3. The molecule has 1 aliphatic rings. The van der Waals surface area contributed by atoms with Crippen molar-refractivity contribution in [2.75, 3.05) is 4.90 Å². The predicted molar refractivity (Wildman–Crippen MR) is 127 cm³/mol. The summed E-state index contributed by atoms with van der Waals surface area (Å²) < 4.78 is 2.13. The summed E-state index contributed by atoms with van der Waals surface area (Å²) in [5.41, 5.74) is 5.54. The zero-order chi connectivity index (χ0) is 21.4. The minimum Gasteiger partial charge on any atom is -0.351 e. The van der Waals surface area contributed by atoms with Crippen LogP contribution in [0.2, 0.25) is 0 Å². The van der Waals surface area contributed by atoms with E-state index in [0.717, 1.165) is 22.9 Å². The zero-order valence-electron chi connectivity index (χ0n) is 17.4. The average Bonchev–Trinajstić information content (AvgIpc) is 3.38. The van der Waals surface area contributed by atoms with Crippen LogP contribution in [0.15, 0.2) is 85.3 Å². The number of nitrogens with one attached hydrogen (secondary N) is 1. The highest BCUT2D eigenvalue weighted by atomic mass is 32.1. The van der Waals surface area contributed by atoms with Crippen LogP contribution in [-0.4, -0.2) is 19.6 Å². The molecular formula is C25H23N5S. The van der Waals surface area contributed by atoms with E-state index in [4.69, 9.17) is 12.2 Å². The largest absolute Gasteiger partial charge is 0.351 e. The number of nitrogens with zero attached hydrogens (tertiary/aromatic N) is 4. The molecule has 0 radical (unpaired) electrons. The molecule has 1 aromatic carbocycles. The molecule has 154 valence electrons. The number of benzene rings is 1.